The molecule has 0 unspecified atom stereocenters. The lowest BCUT2D eigenvalue weighted by Crippen LogP contribution is -1.98. The molecule has 0 spiro atoms. The standard InChI is InChI=1S/C8H10N2S/c1-7-3-6-11-8(7)10-5-2-4-9/h3,6,10H,2,5H2,1H3. The van der Waals surface area contributed by atoms with Crippen molar-refractivity contribution in [1.82, 2.24) is 0 Å². The Labute approximate surface area is 70.5 Å². The van der Waals surface area contributed by atoms with Crippen LogP contribution >= 0.6 is 11.3 Å². The molecule has 0 aliphatic carbocycles. The Balaban J connectivity index is 2.40. The Morgan fingerprint density at radius 3 is 3.09 bits per heavy atom. The molecular weight excluding hydrogens is 156 g/mol. The lowest BCUT2D eigenvalue weighted by molar-refractivity contribution is 1.08. The van der Waals surface area contributed by atoms with E-state index in [4.69, 9.17) is 5.26 Å². The van der Waals surface area contributed by atoms with E-state index < -0.39 is 0 Å². The predicted octanol–water partition coefficient (Wildman–Crippen LogP) is 2.38. The van der Waals surface area contributed by atoms with Gasteiger partial charge in [0.25, 0.3) is 0 Å². The van der Waals surface area contributed by atoms with E-state index in [9.17, 15) is 0 Å². The van der Waals surface area contributed by atoms with Crippen LogP contribution in [0.5, 0.6) is 0 Å². The largest absolute Gasteiger partial charge is 0.376 e. The zero-order valence-electron chi connectivity index (χ0n) is 6.42. The van der Waals surface area contributed by atoms with Crippen LogP contribution in [0.1, 0.15) is 12.0 Å². The second kappa shape index (κ2) is 3.99. The molecule has 0 radical (unpaired) electrons. The van der Waals surface area contributed by atoms with E-state index >= 15 is 0 Å². The van der Waals surface area contributed by atoms with E-state index in [2.05, 4.69) is 24.4 Å². The Morgan fingerprint density at radius 2 is 2.55 bits per heavy atom. The molecule has 0 saturated heterocycles. The third-order valence-electron chi connectivity index (χ3n) is 1.38. The number of aryl methyl sites for hydroxylation is 1. The van der Waals surface area contributed by atoms with E-state index in [1.54, 1.807) is 11.3 Å². The maximum Gasteiger partial charge on any atom is 0.0912 e. The van der Waals surface area contributed by atoms with Crippen molar-refractivity contribution in [3.8, 4) is 6.07 Å². The molecule has 1 rings (SSSR count). The molecule has 1 heterocycles. The molecule has 1 aromatic heterocycles. The molecule has 0 fully saturated rings. The minimum Gasteiger partial charge on any atom is -0.376 e. The van der Waals surface area contributed by atoms with Gasteiger partial charge in [-0.3, -0.25) is 0 Å². The lowest BCUT2D eigenvalue weighted by atomic mass is 10.3. The average molecular weight is 166 g/mol. The van der Waals surface area contributed by atoms with Gasteiger partial charge in [0, 0.05) is 6.54 Å². The summed E-state index contributed by atoms with van der Waals surface area (Å²) < 4.78 is 0. The van der Waals surface area contributed by atoms with Crippen molar-refractivity contribution in [2.24, 2.45) is 0 Å². The summed E-state index contributed by atoms with van der Waals surface area (Å²) >= 11 is 1.68. The first-order valence-electron chi connectivity index (χ1n) is 3.49. The maximum atomic E-state index is 8.28. The minimum absolute atomic E-state index is 0.567. The summed E-state index contributed by atoms with van der Waals surface area (Å²) in [6, 6.07) is 4.16. The van der Waals surface area contributed by atoms with Crippen molar-refractivity contribution >= 4 is 16.3 Å². The van der Waals surface area contributed by atoms with E-state index in [1.807, 2.05) is 5.38 Å². The molecule has 0 amide bonds. The fraction of sp³-hybridized carbons (Fsp3) is 0.375. The first-order chi connectivity index (χ1) is 5.34. The number of rotatable bonds is 3. The second-order valence-corrected chi connectivity index (χ2v) is 3.18. The average Bonchev–Trinajstić information content (AvgIpc) is 2.37. The zero-order valence-corrected chi connectivity index (χ0v) is 7.24. The van der Waals surface area contributed by atoms with Gasteiger partial charge < -0.3 is 5.32 Å². The van der Waals surface area contributed by atoms with Gasteiger partial charge in [0.15, 0.2) is 0 Å². The van der Waals surface area contributed by atoms with Gasteiger partial charge in [-0.25, -0.2) is 0 Å². The van der Waals surface area contributed by atoms with Crippen molar-refractivity contribution < 1.29 is 0 Å². The number of hydrogen-bond acceptors (Lipinski definition) is 3. The van der Waals surface area contributed by atoms with E-state index in [0.29, 0.717) is 6.42 Å². The van der Waals surface area contributed by atoms with Crippen LogP contribution in [0.15, 0.2) is 11.4 Å². The highest BCUT2D eigenvalue weighted by Gasteiger charge is 1.96. The number of thiophene rings is 1. The molecule has 0 bridgehead atoms. The highest BCUT2D eigenvalue weighted by atomic mass is 32.1. The first kappa shape index (κ1) is 8.09. The van der Waals surface area contributed by atoms with Crippen LogP contribution < -0.4 is 5.32 Å². The van der Waals surface area contributed by atoms with Crippen molar-refractivity contribution in [1.29, 1.82) is 5.26 Å². The minimum atomic E-state index is 0.567. The van der Waals surface area contributed by atoms with Crippen molar-refractivity contribution in [3.63, 3.8) is 0 Å². The van der Waals surface area contributed by atoms with Gasteiger partial charge in [-0.1, -0.05) is 0 Å². The number of nitrogens with one attached hydrogen (secondary N) is 1. The topological polar surface area (TPSA) is 35.8 Å². The SMILES string of the molecule is Cc1ccsc1NCCC#N. The summed E-state index contributed by atoms with van der Waals surface area (Å²) in [5, 5.41) is 14.7. The van der Waals surface area contributed by atoms with Crippen LogP contribution in [0.3, 0.4) is 0 Å². The molecule has 3 heteroatoms. The van der Waals surface area contributed by atoms with Crippen LogP contribution in [0.2, 0.25) is 0 Å². The molecule has 58 valence electrons. The van der Waals surface area contributed by atoms with Crippen LogP contribution in [0.4, 0.5) is 5.00 Å². The monoisotopic (exact) mass is 166 g/mol. The van der Waals surface area contributed by atoms with Gasteiger partial charge in [0.1, 0.15) is 0 Å². The molecule has 0 atom stereocenters. The quantitative estimate of drug-likeness (QED) is 0.700. The van der Waals surface area contributed by atoms with E-state index in [0.717, 1.165) is 6.54 Å². The van der Waals surface area contributed by atoms with Gasteiger partial charge in [-0.15, -0.1) is 11.3 Å². The van der Waals surface area contributed by atoms with Gasteiger partial charge in [0.2, 0.25) is 0 Å². The Kier molecular flexibility index (Phi) is 2.94. The van der Waals surface area contributed by atoms with Crippen molar-refractivity contribution in [3.05, 3.63) is 17.0 Å². The van der Waals surface area contributed by atoms with Crippen molar-refractivity contribution in [2.45, 2.75) is 13.3 Å². The predicted molar refractivity (Wildman–Crippen MR) is 47.8 cm³/mol. The molecule has 0 aliphatic rings. The maximum absolute atomic E-state index is 8.28. The highest BCUT2D eigenvalue weighted by molar-refractivity contribution is 7.14. The van der Waals surface area contributed by atoms with Gasteiger partial charge in [-0.05, 0) is 23.9 Å². The van der Waals surface area contributed by atoms with Gasteiger partial charge >= 0.3 is 0 Å². The van der Waals surface area contributed by atoms with Crippen LogP contribution in [-0.4, -0.2) is 6.54 Å². The molecular formula is C8H10N2S. The highest BCUT2D eigenvalue weighted by Crippen LogP contribution is 2.21. The summed E-state index contributed by atoms with van der Waals surface area (Å²) in [6.07, 6.45) is 0.567. The first-order valence-corrected chi connectivity index (χ1v) is 4.37. The van der Waals surface area contributed by atoms with E-state index in [1.165, 1.54) is 10.6 Å². The molecule has 0 saturated carbocycles. The number of anilines is 1. The molecule has 11 heavy (non-hydrogen) atoms. The lowest BCUT2D eigenvalue weighted by Gasteiger charge is -1.99. The Morgan fingerprint density at radius 1 is 1.73 bits per heavy atom. The number of hydrogen-bond donors (Lipinski definition) is 1. The third-order valence-corrected chi connectivity index (χ3v) is 2.36. The molecule has 2 nitrogen and oxygen atoms in total. The fourth-order valence-corrected chi connectivity index (χ4v) is 1.63. The van der Waals surface area contributed by atoms with Crippen LogP contribution in [-0.2, 0) is 0 Å². The Bertz CT molecular complexity index is 259. The van der Waals surface area contributed by atoms with Crippen molar-refractivity contribution in [2.75, 3.05) is 11.9 Å². The van der Waals surface area contributed by atoms with Gasteiger partial charge in [0.05, 0.1) is 17.5 Å². The molecule has 1 N–H and O–H groups in total. The summed E-state index contributed by atoms with van der Waals surface area (Å²) in [4.78, 5) is 0. The molecule has 0 aromatic carbocycles. The normalized spacial score (nSPS) is 9.09. The summed E-state index contributed by atoms with van der Waals surface area (Å²) in [5.74, 6) is 0. The number of nitriles is 1. The van der Waals surface area contributed by atoms with Crippen LogP contribution in [0.25, 0.3) is 0 Å². The molecule has 1 aromatic rings. The summed E-state index contributed by atoms with van der Waals surface area (Å²) in [7, 11) is 0. The third kappa shape index (κ3) is 2.24. The van der Waals surface area contributed by atoms with Gasteiger partial charge in [-0.2, -0.15) is 5.26 Å². The zero-order chi connectivity index (χ0) is 8.10. The number of nitrogens with zero attached hydrogens (tertiary/aromatic N) is 1. The van der Waals surface area contributed by atoms with E-state index in [-0.39, 0.29) is 0 Å². The Hall–Kier alpha value is -1.01. The van der Waals surface area contributed by atoms with Crippen LogP contribution in [0, 0.1) is 18.3 Å². The summed E-state index contributed by atoms with van der Waals surface area (Å²) in [5.41, 5.74) is 1.26. The molecule has 0 aliphatic heterocycles. The smallest absolute Gasteiger partial charge is 0.0912 e. The summed E-state index contributed by atoms with van der Waals surface area (Å²) in [6.45, 7) is 2.81. The fourth-order valence-electron chi connectivity index (χ4n) is 0.786. The second-order valence-electron chi connectivity index (χ2n) is 2.27.